The summed E-state index contributed by atoms with van der Waals surface area (Å²) in [5, 5.41) is 0. The van der Waals surface area contributed by atoms with E-state index >= 15 is 0 Å². The normalized spacial score (nSPS) is 17.8. The fraction of sp³-hybridized carbons (Fsp3) is 0.368. The molecule has 1 atom stereocenters. The third kappa shape index (κ3) is 3.78. The molecule has 1 aromatic carbocycles. The number of hydrogen-bond donors (Lipinski definition) is 0. The highest BCUT2D eigenvalue weighted by molar-refractivity contribution is 5.93. The molecule has 2 aromatic rings. The summed E-state index contributed by atoms with van der Waals surface area (Å²) in [4.78, 5) is 18.3. The Morgan fingerprint density at radius 1 is 1.21 bits per heavy atom. The second kappa shape index (κ2) is 7.51. The van der Waals surface area contributed by atoms with Gasteiger partial charge in [-0.3, -0.25) is 9.78 Å². The van der Waals surface area contributed by atoms with E-state index in [1.807, 2.05) is 4.90 Å². The van der Waals surface area contributed by atoms with Gasteiger partial charge in [-0.25, -0.2) is 8.78 Å². The molecule has 0 aliphatic carbocycles. The second-order valence-electron chi connectivity index (χ2n) is 6.24. The quantitative estimate of drug-likeness (QED) is 0.853. The van der Waals surface area contributed by atoms with Crippen LogP contribution in [0.3, 0.4) is 0 Å². The first kappa shape index (κ1) is 16.6. The Bertz CT molecular complexity index is 686. The third-order valence-electron chi connectivity index (χ3n) is 4.58. The fourth-order valence-electron chi connectivity index (χ4n) is 3.28. The molecule has 1 aliphatic heterocycles. The summed E-state index contributed by atoms with van der Waals surface area (Å²) in [7, 11) is 0. The lowest BCUT2D eigenvalue weighted by atomic mass is 9.91. The zero-order valence-electron chi connectivity index (χ0n) is 13.4. The number of piperidine rings is 1. The molecule has 1 aliphatic rings. The predicted octanol–water partition coefficient (Wildman–Crippen LogP) is 3.84. The molecule has 1 fully saturated rings. The monoisotopic (exact) mass is 330 g/mol. The summed E-state index contributed by atoms with van der Waals surface area (Å²) in [6.45, 7) is 1.35. The molecule has 0 N–H and O–H groups in total. The highest BCUT2D eigenvalue weighted by Crippen LogP contribution is 2.24. The standard InChI is InChI=1S/C19H20F2N2O/c20-17-6-1-7-18(21)16(17)9-8-14-4-3-11-23(13-14)19(24)15-5-2-10-22-12-15/h1-2,5-7,10,12,14H,3-4,8-9,11,13H2/t14-/m0/s1. The molecule has 0 radical (unpaired) electrons. The van der Waals surface area contributed by atoms with Gasteiger partial charge < -0.3 is 4.90 Å². The Morgan fingerprint density at radius 3 is 2.71 bits per heavy atom. The summed E-state index contributed by atoms with van der Waals surface area (Å²) in [5.41, 5.74) is 0.728. The maximum Gasteiger partial charge on any atom is 0.255 e. The summed E-state index contributed by atoms with van der Waals surface area (Å²) in [6.07, 6.45) is 6.13. The molecule has 24 heavy (non-hydrogen) atoms. The number of carbonyl (C=O) groups is 1. The smallest absolute Gasteiger partial charge is 0.255 e. The highest BCUT2D eigenvalue weighted by atomic mass is 19.1. The Hall–Kier alpha value is -2.30. The van der Waals surface area contributed by atoms with Gasteiger partial charge >= 0.3 is 0 Å². The van der Waals surface area contributed by atoms with Crippen LogP contribution in [0.5, 0.6) is 0 Å². The Balaban J connectivity index is 1.61. The van der Waals surface area contributed by atoms with Crippen LogP contribution < -0.4 is 0 Å². The van der Waals surface area contributed by atoms with Crippen molar-refractivity contribution in [1.29, 1.82) is 0 Å². The zero-order valence-corrected chi connectivity index (χ0v) is 13.4. The van der Waals surface area contributed by atoms with Gasteiger partial charge in [0.2, 0.25) is 0 Å². The molecule has 126 valence electrons. The van der Waals surface area contributed by atoms with Crippen molar-refractivity contribution in [2.45, 2.75) is 25.7 Å². The first-order valence-corrected chi connectivity index (χ1v) is 8.27. The van der Waals surface area contributed by atoms with Gasteiger partial charge in [0.05, 0.1) is 5.56 Å². The van der Waals surface area contributed by atoms with E-state index in [0.29, 0.717) is 24.9 Å². The summed E-state index contributed by atoms with van der Waals surface area (Å²) >= 11 is 0. The molecule has 3 nitrogen and oxygen atoms in total. The van der Waals surface area contributed by atoms with Crippen LogP contribution in [0.1, 0.15) is 35.2 Å². The van der Waals surface area contributed by atoms with E-state index in [1.54, 1.807) is 24.5 Å². The number of likely N-dealkylation sites (tertiary alicyclic amines) is 1. The minimum absolute atomic E-state index is 0.0233. The average Bonchev–Trinajstić information content (AvgIpc) is 2.62. The number of halogens is 2. The number of amides is 1. The van der Waals surface area contributed by atoms with Crippen LogP contribution in [0.2, 0.25) is 0 Å². The average molecular weight is 330 g/mol. The molecule has 3 rings (SSSR count). The van der Waals surface area contributed by atoms with E-state index < -0.39 is 11.6 Å². The van der Waals surface area contributed by atoms with Crippen molar-refractivity contribution in [2.24, 2.45) is 5.92 Å². The minimum Gasteiger partial charge on any atom is -0.338 e. The number of benzene rings is 1. The SMILES string of the molecule is O=C(c1cccnc1)N1CCC[C@@H](CCc2c(F)cccc2F)C1. The van der Waals surface area contributed by atoms with Crippen molar-refractivity contribution in [3.8, 4) is 0 Å². The van der Waals surface area contributed by atoms with Gasteiger partial charge in [0, 0.05) is 31.0 Å². The van der Waals surface area contributed by atoms with Gasteiger partial charge in [-0.15, -0.1) is 0 Å². The van der Waals surface area contributed by atoms with Crippen LogP contribution in [-0.2, 0) is 6.42 Å². The first-order valence-electron chi connectivity index (χ1n) is 8.27. The van der Waals surface area contributed by atoms with Crippen molar-refractivity contribution >= 4 is 5.91 Å². The number of nitrogens with zero attached hydrogens (tertiary/aromatic N) is 2. The van der Waals surface area contributed by atoms with Crippen LogP contribution in [0.25, 0.3) is 0 Å². The van der Waals surface area contributed by atoms with Gasteiger partial charge in [0.15, 0.2) is 0 Å². The highest BCUT2D eigenvalue weighted by Gasteiger charge is 2.25. The maximum atomic E-state index is 13.7. The molecule has 0 saturated carbocycles. The number of aromatic nitrogens is 1. The van der Waals surface area contributed by atoms with Gasteiger partial charge in [-0.05, 0) is 55.9 Å². The van der Waals surface area contributed by atoms with E-state index in [-0.39, 0.29) is 17.4 Å². The van der Waals surface area contributed by atoms with E-state index in [4.69, 9.17) is 0 Å². The van der Waals surface area contributed by atoms with Gasteiger partial charge in [0.1, 0.15) is 11.6 Å². The summed E-state index contributed by atoms with van der Waals surface area (Å²) < 4.78 is 27.4. The number of hydrogen-bond acceptors (Lipinski definition) is 2. The lowest BCUT2D eigenvalue weighted by Crippen LogP contribution is -2.40. The van der Waals surface area contributed by atoms with Gasteiger partial charge in [0.25, 0.3) is 5.91 Å². The summed E-state index contributed by atoms with van der Waals surface area (Å²) in [6, 6.07) is 7.46. The molecule has 0 unspecified atom stereocenters. The second-order valence-corrected chi connectivity index (χ2v) is 6.24. The van der Waals surface area contributed by atoms with E-state index in [2.05, 4.69) is 4.98 Å². The molecule has 5 heteroatoms. The Labute approximate surface area is 140 Å². The molecule has 1 saturated heterocycles. The fourth-order valence-corrected chi connectivity index (χ4v) is 3.28. The molecule has 2 heterocycles. The number of carbonyl (C=O) groups excluding carboxylic acids is 1. The van der Waals surface area contributed by atoms with Crippen molar-refractivity contribution in [2.75, 3.05) is 13.1 Å². The van der Waals surface area contributed by atoms with Crippen LogP contribution in [0.4, 0.5) is 8.78 Å². The van der Waals surface area contributed by atoms with E-state index in [1.165, 1.54) is 18.2 Å². The topological polar surface area (TPSA) is 33.2 Å². The van der Waals surface area contributed by atoms with Crippen LogP contribution >= 0.6 is 0 Å². The van der Waals surface area contributed by atoms with Crippen LogP contribution in [-0.4, -0.2) is 28.9 Å². The summed E-state index contributed by atoms with van der Waals surface area (Å²) in [5.74, 6) is -0.744. The van der Waals surface area contributed by atoms with E-state index in [9.17, 15) is 13.6 Å². The molecular weight excluding hydrogens is 310 g/mol. The minimum atomic E-state index is -0.492. The number of rotatable bonds is 4. The lowest BCUT2D eigenvalue weighted by molar-refractivity contribution is 0.0667. The van der Waals surface area contributed by atoms with Crippen molar-refractivity contribution < 1.29 is 13.6 Å². The molecular formula is C19H20F2N2O. The van der Waals surface area contributed by atoms with Crippen LogP contribution in [0.15, 0.2) is 42.7 Å². The van der Waals surface area contributed by atoms with Gasteiger partial charge in [-0.1, -0.05) is 6.07 Å². The Morgan fingerprint density at radius 2 is 2.00 bits per heavy atom. The molecule has 0 bridgehead atoms. The third-order valence-corrected chi connectivity index (χ3v) is 4.58. The molecule has 1 amide bonds. The van der Waals surface area contributed by atoms with Crippen LogP contribution in [0, 0.1) is 17.6 Å². The lowest BCUT2D eigenvalue weighted by Gasteiger charge is -2.33. The largest absolute Gasteiger partial charge is 0.338 e. The van der Waals surface area contributed by atoms with Crippen molar-refractivity contribution in [1.82, 2.24) is 9.88 Å². The number of pyridine rings is 1. The first-order chi connectivity index (χ1) is 11.6. The van der Waals surface area contributed by atoms with Crippen molar-refractivity contribution in [3.63, 3.8) is 0 Å². The Kier molecular flexibility index (Phi) is 5.18. The maximum absolute atomic E-state index is 13.7. The van der Waals surface area contributed by atoms with E-state index in [0.717, 1.165) is 19.4 Å². The predicted molar refractivity (Wildman–Crippen MR) is 87.5 cm³/mol. The zero-order chi connectivity index (χ0) is 16.9. The molecule has 1 aromatic heterocycles. The van der Waals surface area contributed by atoms with Gasteiger partial charge in [-0.2, -0.15) is 0 Å². The molecule has 0 spiro atoms. The van der Waals surface area contributed by atoms with Crippen molar-refractivity contribution in [3.05, 3.63) is 65.5 Å².